The number of phenols is 1. The zero-order valence-corrected chi connectivity index (χ0v) is 17.2. The molecule has 0 amide bonds. The van der Waals surface area contributed by atoms with Crippen molar-refractivity contribution in [3.8, 4) is 5.75 Å². The fourth-order valence-electron chi connectivity index (χ4n) is 5.35. The van der Waals surface area contributed by atoms with Crippen molar-refractivity contribution in [2.75, 3.05) is 6.61 Å². The zero-order chi connectivity index (χ0) is 21.1. The van der Waals surface area contributed by atoms with Crippen molar-refractivity contribution in [3.05, 3.63) is 47.0 Å². The Kier molecular flexibility index (Phi) is 4.35. The molecule has 2 aliphatic rings. The van der Waals surface area contributed by atoms with Crippen LogP contribution in [-0.2, 0) is 20.7 Å². The first-order valence-electron chi connectivity index (χ1n) is 9.96. The van der Waals surface area contributed by atoms with Crippen LogP contribution in [0.1, 0.15) is 43.9 Å². The second-order valence-electron chi connectivity index (χ2n) is 8.62. The molecule has 0 radical (unpaired) electrons. The summed E-state index contributed by atoms with van der Waals surface area (Å²) >= 11 is 0. The third-order valence-electron chi connectivity index (χ3n) is 6.95. The Hall–Kier alpha value is -2.66. The van der Waals surface area contributed by atoms with Crippen LogP contribution in [0.4, 0.5) is 0 Å². The van der Waals surface area contributed by atoms with Gasteiger partial charge < -0.3 is 14.9 Å². The number of esters is 1. The van der Waals surface area contributed by atoms with Gasteiger partial charge in [-0.1, -0.05) is 32.1 Å². The predicted octanol–water partition coefficient (Wildman–Crippen LogP) is 3.70. The normalized spacial score (nSPS) is 27.9. The van der Waals surface area contributed by atoms with Gasteiger partial charge in [-0.05, 0) is 64.9 Å². The van der Waals surface area contributed by atoms with Crippen LogP contribution < -0.4 is 0 Å². The number of ketones is 1. The smallest absolute Gasteiger partial charge is 0.303 e. The minimum Gasteiger partial charge on any atom is -0.508 e. The molecular formula is C24H26O5. The lowest BCUT2D eigenvalue weighted by atomic mass is 9.60. The van der Waals surface area contributed by atoms with E-state index in [9.17, 15) is 19.8 Å². The first-order chi connectivity index (χ1) is 13.6. The van der Waals surface area contributed by atoms with E-state index in [-0.39, 0.29) is 5.75 Å². The Morgan fingerprint density at radius 2 is 1.97 bits per heavy atom. The SMILES string of the molecule is CC(=O)OCC(=O)[C@@]1(O)[C@H](C)C=C2c3cc(C)c4cc(O)ccc4c3CC[C@@]21C. The van der Waals surface area contributed by atoms with Crippen molar-refractivity contribution in [2.24, 2.45) is 11.3 Å². The highest BCUT2D eigenvalue weighted by Gasteiger charge is 2.61. The highest BCUT2D eigenvalue weighted by molar-refractivity contribution is 6.00. The number of aromatic hydroxyl groups is 1. The van der Waals surface area contributed by atoms with Gasteiger partial charge in [0.15, 0.2) is 6.61 Å². The van der Waals surface area contributed by atoms with Gasteiger partial charge in [0.2, 0.25) is 5.78 Å². The van der Waals surface area contributed by atoms with Gasteiger partial charge in [-0.15, -0.1) is 0 Å². The van der Waals surface area contributed by atoms with Gasteiger partial charge in [0.05, 0.1) is 0 Å². The van der Waals surface area contributed by atoms with Gasteiger partial charge in [-0.25, -0.2) is 0 Å². The molecule has 0 heterocycles. The van der Waals surface area contributed by atoms with Crippen molar-refractivity contribution < 1.29 is 24.5 Å². The molecule has 0 bridgehead atoms. The van der Waals surface area contributed by atoms with Gasteiger partial charge in [0.25, 0.3) is 0 Å². The fraction of sp³-hybridized carbons (Fsp3) is 0.417. The van der Waals surface area contributed by atoms with Crippen molar-refractivity contribution in [1.82, 2.24) is 0 Å². The minimum atomic E-state index is -1.62. The average molecular weight is 394 g/mol. The molecule has 0 saturated carbocycles. The summed E-state index contributed by atoms with van der Waals surface area (Å²) in [5.41, 5.74) is 1.87. The molecule has 4 rings (SSSR count). The third-order valence-corrected chi connectivity index (χ3v) is 6.95. The van der Waals surface area contributed by atoms with E-state index in [1.165, 1.54) is 12.5 Å². The number of hydrogen-bond acceptors (Lipinski definition) is 5. The summed E-state index contributed by atoms with van der Waals surface area (Å²) in [7, 11) is 0. The molecule has 152 valence electrons. The second kappa shape index (κ2) is 6.42. The second-order valence-corrected chi connectivity index (χ2v) is 8.62. The lowest BCUT2D eigenvalue weighted by Gasteiger charge is -2.45. The van der Waals surface area contributed by atoms with E-state index >= 15 is 0 Å². The number of benzene rings is 2. The third kappa shape index (κ3) is 2.64. The molecule has 5 heteroatoms. The van der Waals surface area contributed by atoms with E-state index in [4.69, 9.17) is 4.74 Å². The number of hydrogen-bond donors (Lipinski definition) is 2. The molecule has 2 aliphatic carbocycles. The number of carbonyl (C=O) groups excluding carboxylic acids is 2. The molecule has 0 aromatic heterocycles. The number of aryl methyl sites for hydroxylation is 2. The molecule has 5 nitrogen and oxygen atoms in total. The quantitative estimate of drug-likeness (QED) is 0.776. The number of ether oxygens (including phenoxy) is 1. The molecule has 3 atom stereocenters. The van der Waals surface area contributed by atoms with Crippen LogP contribution in [0.5, 0.6) is 5.75 Å². The summed E-state index contributed by atoms with van der Waals surface area (Å²) in [6.07, 6.45) is 3.31. The van der Waals surface area contributed by atoms with Gasteiger partial charge in [0.1, 0.15) is 11.4 Å². The largest absolute Gasteiger partial charge is 0.508 e. The monoisotopic (exact) mass is 394 g/mol. The Balaban J connectivity index is 1.84. The Morgan fingerprint density at radius 1 is 1.24 bits per heavy atom. The number of rotatable bonds is 3. The van der Waals surface area contributed by atoms with Crippen molar-refractivity contribution in [1.29, 1.82) is 0 Å². The Labute approximate surface area is 170 Å². The molecule has 0 fully saturated rings. The average Bonchev–Trinajstić information content (AvgIpc) is 2.88. The van der Waals surface area contributed by atoms with Gasteiger partial charge >= 0.3 is 5.97 Å². The maximum absolute atomic E-state index is 13.0. The van der Waals surface area contributed by atoms with E-state index in [0.29, 0.717) is 12.8 Å². The van der Waals surface area contributed by atoms with Gasteiger partial charge in [-0.3, -0.25) is 9.59 Å². The summed E-state index contributed by atoms with van der Waals surface area (Å²) in [5, 5.41) is 23.6. The molecular weight excluding hydrogens is 368 g/mol. The van der Waals surface area contributed by atoms with Crippen molar-refractivity contribution >= 4 is 28.1 Å². The van der Waals surface area contributed by atoms with Crippen LogP contribution in [-0.4, -0.2) is 34.2 Å². The number of phenolic OH excluding ortho intramolecular Hbond substituents is 1. The Bertz CT molecular complexity index is 1080. The van der Waals surface area contributed by atoms with Crippen molar-refractivity contribution in [2.45, 2.75) is 46.1 Å². The topological polar surface area (TPSA) is 83.8 Å². The first-order valence-corrected chi connectivity index (χ1v) is 9.96. The molecule has 2 aromatic rings. The summed E-state index contributed by atoms with van der Waals surface area (Å²) in [5.74, 6) is -1.15. The summed E-state index contributed by atoms with van der Waals surface area (Å²) < 4.78 is 4.92. The molecule has 0 unspecified atom stereocenters. The van der Waals surface area contributed by atoms with E-state index in [2.05, 4.69) is 6.07 Å². The van der Waals surface area contributed by atoms with Crippen molar-refractivity contribution in [3.63, 3.8) is 0 Å². The van der Waals surface area contributed by atoms with Crippen LogP contribution in [0.25, 0.3) is 16.3 Å². The predicted molar refractivity (Wildman–Crippen MR) is 111 cm³/mol. The summed E-state index contributed by atoms with van der Waals surface area (Å²) in [6, 6.07) is 7.51. The van der Waals surface area contributed by atoms with Gasteiger partial charge in [0, 0.05) is 18.3 Å². The number of Topliss-reactive ketones (excluding diaryl/α,β-unsaturated/α-hetero) is 1. The molecule has 2 N–H and O–H groups in total. The minimum absolute atomic E-state index is 0.236. The first kappa shape index (κ1) is 19.6. The molecule has 0 saturated heterocycles. The number of aliphatic hydroxyl groups is 1. The number of fused-ring (bicyclic) bond motifs is 5. The van der Waals surface area contributed by atoms with E-state index in [0.717, 1.165) is 27.5 Å². The molecule has 2 aromatic carbocycles. The maximum atomic E-state index is 13.0. The standard InChI is InChI=1S/C24H26O5/c1-13-9-20-18(17-6-5-16(26)11-19(13)17)7-8-23(4)21(20)10-14(2)24(23,28)22(27)12-29-15(3)25/h5-6,9-11,14,26,28H,7-8,12H2,1-4H3/t14-,23+,24+/m1/s1. The zero-order valence-electron chi connectivity index (χ0n) is 17.2. The van der Waals surface area contributed by atoms with Crippen LogP contribution >= 0.6 is 0 Å². The highest BCUT2D eigenvalue weighted by Crippen LogP contribution is 2.60. The Morgan fingerprint density at radius 3 is 2.66 bits per heavy atom. The molecule has 0 aliphatic heterocycles. The molecule has 29 heavy (non-hydrogen) atoms. The van der Waals surface area contributed by atoms with E-state index in [1.807, 2.05) is 32.9 Å². The van der Waals surface area contributed by atoms with Crippen LogP contribution in [0.2, 0.25) is 0 Å². The van der Waals surface area contributed by atoms with E-state index in [1.54, 1.807) is 12.1 Å². The lowest BCUT2D eigenvalue weighted by Crippen LogP contribution is -2.56. The lowest BCUT2D eigenvalue weighted by molar-refractivity contribution is -0.162. The van der Waals surface area contributed by atoms with Crippen LogP contribution in [0.15, 0.2) is 30.3 Å². The fourth-order valence-corrected chi connectivity index (χ4v) is 5.35. The van der Waals surface area contributed by atoms with Gasteiger partial charge in [-0.2, -0.15) is 0 Å². The highest BCUT2D eigenvalue weighted by atomic mass is 16.5. The van der Waals surface area contributed by atoms with Crippen LogP contribution in [0, 0.1) is 18.3 Å². The number of carbonyl (C=O) groups is 2. The van der Waals surface area contributed by atoms with E-state index < -0.39 is 35.3 Å². The summed E-state index contributed by atoms with van der Waals surface area (Å²) in [6.45, 7) is 6.62. The summed E-state index contributed by atoms with van der Waals surface area (Å²) in [4.78, 5) is 24.2. The molecule has 0 spiro atoms. The maximum Gasteiger partial charge on any atom is 0.303 e. The van der Waals surface area contributed by atoms with Crippen LogP contribution in [0.3, 0.4) is 0 Å².